The highest BCUT2D eigenvalue weighted by Gasteiger charge is 2.48. The Hall–Kier alpha value is -3.54. The highest BCUT2D eigenvalue weighted by molar-refractivity contribution is 6.09. The van der Waals surface area contributed by atoms with Gasteiger partial charge >= 0.3 is 0 Å². The van der Waals surface area contributed by atoms with Crippen LogP contribution in [0.4, 0.5) is 11.4 Å². The van der Waals surface area contributed by atoms with Crippen LogP contribution < -0.4 is 20.8 Å². The number of carbonyl (C=O) groups is 1. The van der Waals surface area contributed by atoms with Crippen molar-refractivity contribution in [2.24, 2.45) is 5.10 Å². The molecule has 0 spiro atoms. The van der Waals surface area contributed by atoms with E-state index in [9.17, 15) is 4.79 Å². The summed E-state index contributed by atoms with van der Waals surface area (Å²) in [4.78, 5) is 15.7. The predicted octanol–water partition coefficient (Wildman–Crippen LogP) is 5.80. The van der Waals surface area contributed by atoms with Crippen LogP contribution in [0.5, 0.6) is 5.75 Å². The number of nitrogens with two attached hydrogens (primary N) is 1. The first-order valence-electron chi connectivity index (χ1n) is 12.6. The largest absolute Gasteiger partial charge is 0.492 e. The second-order valence-electron chi connectivity index (χ2n) is 9.31. The van der Waals surface area contributed by atoms with E-state index in [0.717, 1.165) is 60.2 Å². The van der Waals surface area contributed by atoms with Crippen molar-refractivity contribution >= 4 is 29.1 Å². The summed E-state index contributed by atoms with van der Waals surface area (Å²) in [7, 11) is 0. The number of anilines is 2. The SMILES string of the molecule is CCC1(CC)C(=O)N(CCOc2ccccc2)c2cc(/C3=C/C=N/N/C=C(\C)CCC3)c(N)cc21. The van der Waals surface area contributed by atoms with Gasteiger partial charge in [0.15, 0.2) is 0 Å². The van der Waals surface area contributed by atoms with Crippen LogP contribution in [0.15, 0.2) is 65.4 Å². The van der Waals surface area contributed by atoms with Crippen LogP contribution in [0.3, 0.4) is 0 Å². The number of para-hydroxylation sites is 1. The third-order valence-electron chi connectivity index (χ3n) is 7.26. The predicted molar refractivity (Wildman–Crippen MR) is 145 cm³/mol. The van der Waals surface area contributed by atoms with E-state index in [1.54, 1.807) is 6.21 Å². The fourth-order valence-electron chi connectivity index (χ4n) is 5.15. The number of hydrogen-bond donors (Lipinski definition) is 2. The average Bonchev–Trinajstić information content (AvgIpc) is 3.09. The van der Waals surface area contributed by atoms with Crippen molar-refractivity contribution in [1.29, 1.82) is 0 Å². The number of hydrogen-bond acceptors (Lipinski definition) is 5. The lowest BCUT2D eigenvalue weighted by Gasteiger charge is -2.26. The molecule has 184 valence electrons. The van der Waals surface area contributed by atoms with Crippen LogP contribution in [0.25, 0.3) is 5.57 Å². The van der Waals surface area contributed by atoms with Crippen LogP contribution in [0.1, 0.15) is 64.0 Å². The molecule has 1 amide bonds. The number of rotatable bonds is 7. The van der Waals surface area contributed by atoms with Crippen molar-refractivity contribution in [3.63, 3.8) is 0 Å². The van der Waals surface area contributed by atoms with Gasteiger partial charge < -0.3 is 15.4 Å². The number of hydrazone groups is 1. The lowest BCUT2D eigenvalue weighted by atomic mass is 9.76. The molecule has 2 aliphatic rings. The second-order valence-corrected chi connectivity index (χ2v) is 9.31. The van der Waals surface area contributed by atoms with Gasteiger partial charge in [-0.3, -0.25) is 10.2 Å². The van der Waals surface area contributed by atoms with Gasteiger partial charge in [-0.15, -0.1) is 0 Å². The molecule has 2 heterocycles. The van der Waals surface area contributed by atoms with Gasteiger partial charge in [0, 0.05) is 29.4 Å². The zero-order valence-corrected chi connectivity index (χ0v) is 21.0. The van der Waals surface area contributed by atoms with Crippen LogP contribution in [-0.2, 0) is 10.2 Å². The number of nitrogens with one attached hydrogen (secondary N) is 1. The number of ether oxygens (including phenoxy) is 1. The number of nitrogen functional groups attached to an aromatic ring is 1. The summed E-state index contributed by atoms with van der Waals surface area (Å²) in [5, 5.41) is 4.26. The lowest BCUT2D eigenvalue weighted by Crippen LogP contribution is -2.41. The summed E-state index contributed by atoms with van der Waals surface area (Å²) in [6.45, 7) is 7.18. The number of nitrogens with zero attached hydrogens (tertiary/aromatic N) is 2. The highest BCUT2D eigenvalue weighted by atomic mass is 16.5. The molecule has 6 heteroatoms. The quantitative estimate of drug-likeness (QED) is 0.499. The Morgan fingerprint density at radius 3 is 2.66 bits per heavy atom. The minimum Gasteiger partial charge on any atom is -0.492 e. The van der Waals surface area contributed by atoms with Crippen molar-refractivity contribution < 1.29 is 9.53 Å². The molecule has 0 saturated heterocycles. The summed E-state index contributed by atoms with van der Waals surface area (Å²) < 4.78 is 5.94. The van der Waals surface area contributed by atoms with Crippen LogP contribution in [0, 0.1) is 0 Å². The molecule has 0 atom stereocenters. The molecule has 2 aliphatic heterocycles. The summed E-state index contributed by atoms with van der Waals surface area (Å²) >= 11 is 0. The Morgan fingerprint density at radius 2 is 1.91 bits per heavy atom. The van der Waals surface area contributed by atoms with E-state index in [4.69, 9.17) is 10.5 Å². The summed E-state index contributed by atoms with van der Waals surface area (Å²) in [6, 6.07) is 13.9. The second kappa shape index (κ2) is 10.8. The van der Waals surface area contributed by atoms with Gasteiger partial charge in [0.05, 0.1) is 12.0 Å². The van der Waals surface area contributed by atoms with E-state index >= 15 is 0 Å². The smallest absolute Gasteiger partial charge is 0.237 e. The van der Waals surface area contributed by atoms with Crippen LogP contribution in [-0.4, -0.2) is 25.3 Å². The van der Waals surface area contributed by atoms with Gasteiger partial charge in [0.1, 0.15) is 12.4 Å². The van der Waals surface area contributed by atoms with Crippen molar-refractivity contribution in [1.82, 2.24) is 5.43 Å². The molecule has 0 fully saturated rings. The molecular weight excluding hydrogens is 436 g/mol. The molecule has 3 N–H and O–H groups in total. The van der Waals surface area contributed by atoms with Crippen molar-refractivity contribution in [3.05, 3.63) is 71.4 Å². The minimum absolute atomic E-state index is 0.136. The van der Waals surface area contributed by atoms with E-state index < -0.39 is 5.41 Å². The molecule has 35 heavy (non-hydrogen) atoms. The van der Waals surface area contributed by atoms with Gasteiger partial charge in [-0.05, 0) is 80.5 Å². The molecule has 0 aromatic heterocycles. The van der Waals surface area contributed by atoms with E-state index in [2.05, 4.69) is 37.4 Å². The minimum atomic E-state index is -0.549. The standard InChI is InChI=1S/C29H36N4O2/c1-4-29(5-2)25-19-26(30)24(22-11-9-10-21(3)20-32-31-15-14-22)18-27(25)33(28(29)34)16-17-35-23-12-7-6-8-13-23/h6-8,12-15,18-20,32H,4-5,9-11,16-17,30H2,1-3H3/b21-20+,22-14+,31-15+. The summed E-state index contributed by atoms with van der Waals surface area (Å²) in [6.07, 6.45) is 10.1. The molecule has 0 bridgehead atoms. The van der Waals surface area contributed by atoms with Gasteiger partial charge in [0.25, 0.3) is 0 Å². The van der Waals surface area contributed by atoms with Crippen LogP contribution in [0.2, 0.25) is 0 Å². The fraction of sp³-hybridized carbons (Fsp3) is 0.379. The number of amides is 1. The third-order valence-corrected chi connectivity index (χ3v) is 7.26. The Morgan fingerprint density at radius 1 is 1.14 bits per heavy atom. The normalized spacial score (nSPS) is 21.2. The summed E-state index contributed by atoms with van der Waals surface area (Å²) in [5.74, 6) is 0.940. The van der Waals surface area contributed by atoms with Crippen molar-refractivity contribution in [2.45, 2.75) is 58.3 Å². The molecule has 0 radical (unpaired) electrons. The number of benzene rings is 2. The lowest BCUT2D eigenvalue weighted by molar-refractivity contribution is -0.123. The maximum absolute atomic E-state index is 13.8. The topological polar surface area (TPSA) is 80.0 Å². The molecule has 6 nitrogen and oxygen atoms in total. The number of fused-ring (bicyclic) bond motifs is 1. The molecular formula is C29H36N4O2. The first kappa shape index (κ1) is 24.6. The van der Waals surface area contributed by atoms with Gasteiger partial charge in [-0.25, -0.2) is 0 Å². The first-order chi connectivity index (χ1) is 17.0. The van der Waals surface area contributed by atoms with Crippen LogP contribution >= 0.6 is 0 Å². The zero-order chi connectivity index (χ0) is 24.8. The molecule has 4 rings (SSSR count). The molecule has 0 aliphatic carbocycles. The van der Waals surface area contributed by atoms with Gasteiger partial charge in [-0.2, -0.15) is 5.10 Å². The average molecular weight is 473 g/mol. The first-order valence-corrected chi connectivity index (χ1v) is 12.6. The molecule has 2 aromatic rings. The fourth-order valence-corrected chi connectivity index (χ4v) is 5.15. The molecule has 0 saturated carbocycles. The van der Waals surface area contributed by atoms with Crippen molar-refractivity contribution in [2.75, 3.05) is 23.8 Å². The maximum Gasteiger partial charge on any atom is 0.237 e. The summed E-state index contributed by atoms with van der Waals surface area (Å²) in [5.41, 5.74) is 15.1. The highest BCUT2D eigenvalue weighted by Crippen LogP contribution is 2.48. The molecule has 2 aromatic carbocycles. The Balaban J connectivity index is 1.68. The monoisotopic (exact) mass is 472 g/mol. The third kappa shape index (κ3) is 4.97. The van der Waals surface area contributed by atoms with E-state index in [0.29, 0.717) is 18.8 Å². The van der Waals surface area contributed by atoms with E-state index in [-0.39, 0.29) is 5.91 Å². The van der Waals surface area contributed by atoms with E-state index in [1.165, 1.54) is 5.57 Å². The molecule has 0 unspecified atom stereocenters. The number of carbonyl (C=O) groups excluding carboxylic acids is 1. The Bertz CT molecular complexity index is 1150. The van der Waals surface area contributed by atoms with E-state index in [1.807, 2.05) is 53.6 Å². The zero-order valence-electron chi connectivity index (χ0n) is 21.0. The maximum atomic E-state index is 13.8. The van der Waals surface area contributed by atoms with Crippen molar-refractivity contribution in [3.8, 4) is 5.75 Å². The Labute approximate surface area is 208 Å². The van der Waals surface area contributed by atoms with Gasteiger partial charge in [-0.1, -0.05) is 37.6 Å². The Kier molecular flexibility index (Phi) is 7.59. The van der Waals surface area contributed by atoms with Gasteiger partial charge in [0.2, 0.25) is 5.91 Å². The number of allylic oxidation sites excluding steroid dienone is 3.